The molecule has 1 N–H and O–H groups in total. The van der Waals surface area contributed by atoms with E-state index in [1.54, 1.807) is 0 Å². The van der Waals surface area contributed by atoms with Gasteiger partial charge in [0, 0.05) is 6.42 Å². The van der Waals surface area contributed by atoms with E-state index in [1.165, 1.54) is 16.1 Å². The van der Waals surface area contributed by atoms with Crippen LogP contribution in [0.25, 0.3) is 10.2 Å². The zero-order valence-corrected chi connectivity index (χ0v) is 11.4. The van der Waals surface area contributed by atoms with Crippen molar-refractivity contribution in [1.29, 1.82) is 0 Å². The topological polar surface area (TPSA) is 24.9 Å². The number of benzene rings is 1. The van der Waals surface area contributed by atoms with Gasteiger partial charge in [-0.05, 0) is 37.6 Å². The number of hydrogen-bond donors (Lipinski definition) is 1. The van der Waals surface area contributed by atoms with Gasteiger partial charge in [-0.25, -0.2) is 4.98 Å². The quantitative estimate of drug-likeness (QED) is 0.792. The maximum absolute atomic E-state index is 4.68. The van der Waals surface area contributed by atoms with Gasteiger partial charge < -0.3 is 5.32 Å². The first-order valence-corrected chi connectivity index (χ1v) is 7.16. The summed E-state index contributed by atoms with van der Waals surface area (Å²) in [5.41, 5.74) is 1.14. The van der Waals surface area contributed by atoms with Gasteiger partial charge in [0.1, 0.15) is 0 Å². The third-order valence-electron chi connectivity index (χ3n) is 2.93. The Kier molecular flexibility index (Phi) is 4.51. The van der Waals surface area contributed by atoms with Crippen LogP contribution in [0.15, 0.2) is 24.3 Å². The lowest BCUT2D eigenvalue weighted by atomic mass is 10.0. The molecule has 92 valence electrons. The van der Waals surface area contributed by atoms with E-state index in [1.807, 2.05) is 11.3 Å². The van der Waals surface area contributed by atoms with E-state index in [0.717, 1.165) is 25.0 Å². The van der Waals surface area contributed by atoms with Gasteiger partial charge in [-0.1, -0.05) is 26.0 Å². The predicted octanol–water partition coefficient (Wildman–Crippen LogP) is 3.47. The largest absolute Gasteiger partial charge is 0.317 e. The molecule has 2 rings (SSSR count). The maximum atomic E-state index is 4.68. The number of hydrogen-bond acceptors (Lipinski definition) is 3. The van der Waals surface area contributed by atoms with Crippen LogP contribution >= 0.6 is 11.3 Å². The van der Waals surface area contributed by atoms with Crippen LogP contribution in [0.5, 0.6) is 0 Å². The van der Waals surface area contributed by atoms with Crippen molar-refractivity contribution in [2.75, 3.05) is 13.1 Å². The maximum Gasteiger partial charge on any atom is 0.0941 e. The summed E-state index contributed by atoms with van der Waals surface area (Å²) in [5, 5.41) is 4.65. The molecule has 0 aliphatic heterocycles. The summed E-state index contributed by atoms with van der Waals surface area (Å²) in [4.78, 5) is 4.68. The molecule has 1 aromatic heterocycles. The van der Waals surface area contributed by atoms with Crippen LogP contribution in [0.2, 0.25) is 0 Å². The number of fused-ring (bicyclic) bond motifs is 1. The number of para-hydroxylation sites is 1. The molecule has 0 radical (unpaired) electrons. The van der Waals surface area contributed by atoms with Gasteiger partial charge in [-0.15, -0.1) is 11.3 Å². The van der Waals surface area contributed by atoms with Crippen molar-refractivity contribution in [3.8, 4) is 0 Å². The molecule has 0 aliphatic carbocycles. The minimum atomic E-state index is 0.703. The summed E-state index contributed by atoms with van der Waals surface area (Å²) in [6.07, 6.45) is 2.33. The minimum Gasteiger partial charge on any atom is -0.317 e. The van der Waals surface area contributed by atoms with Crippen LogP contribution in [0.3, 0.4) is 0 Å². The van der Waals surface area contributed by atoms with Crippen LogP contribution in [0.1, 0.15) is 25.3 Å². The van der Waals surface area contributed by atoms with Gasteiger partial charge in [0.2, 0.25) is 0 Å². The van der Waals surface area contributed by atoms with Crippen molar-refractivity contribution in [3.63, 3.8) is 0 Å². The van der Waals surface area contributed by atoms with Crippen LogP contribution in [0.4, 0.5) is 0 Å². The molecular weight excluding hydrogens is 228 g/mol. The van der Waals surface area contributed by atoms with Crippen LogP contribution in [-0.4, -0.2) is 18.1 Å². The lowest BCUT2D eigenvalue weighted by molar-refractivity contribution is 0.504. The molecule has 3 heteroatoms. The fraction of sp³-hybridized carbons (Fsp3) is 0.500. The molecule has 1 aromatic carbocycles. The molecule has 2 nitrogen and oxygen atoms in total. The molecule has 0 saturated heterocycles. The highest BCUT2D eigenvalue weighted by atomic mass is 32.1. The normalized spacial score (nSPS) is 13.1. The second-order valence-electron chi connectivity index (χ2n) is 4.53. The standard InChI is InChI=1S/C14H20N2S/c1-3-15-9-8-11(2)10-14-16-12-6-4-5-7-13(12)17-14/h4-7,11,15H,3,8-10H2,1-2H3. The van der Waals surface area contributed by atoms with Crippen molar-refractivity contribution in [2.45, 2.75) is 26.7 Å². The molecule has 1 heterocycles. The Labute approximate surface area is 107 Å². The fourth-order valence-electron chi connectivity index (χ4n) is 1.93. The van der Waals surface area contributed by atoms with Crippen molar-refractivity contribution in [2.24, 2.45) is 5.92 Å². The Morgan fingerprint density at radius 1 is 1.35 bits per heavy atom. The van der Waals surface area contributed by atoms with Crippen molar-refractivity contribution in [1.82, 2.24) is 10.3 Å². The molecule has 2 aromatic rings. The average molecular weight is 248 g/mol. The highest BCUT2D eigenvalue weighted by Gasteiger charge is 2.08. The second kappa shape index (κ2) is 6.12. The zero-order valence-electron chi connectivity index (χ0n) is 10.6. The molecule has 0 saturated carbocycles. The summed E-state index contributed by atoms with van der Waals surface area (Å²) in [6, 6.07) is 8.39. The number of nitrogens with zero attached hydrogens (tertiary/aromatic N) is 1. The van der Waals surface area contributed by atoms with E-state index in [2.05, 4.69) is 48.4 Å². The summed E-state index contributed by atoms with van der Waals surface area (Å²) in [6.45, 7) is 6.64. The van der Waals surface area contributed by atoms with Gasteiger partial charge in [0.05, 0.1) is 15.2 Å². The van der Waals surface area contributed by atoms with Crippen LogP contribution < -0.4 is 5.32 Å². The number of nitrogens with one attached hydrogen (secondary N) is 1. The molecule has 1 atom stereocenters. The summed E-state index contributed by atoms with van der Waals surface area (Å²) in [7, 11) is 0. The third-order valence-corrected chi connectivity index (χ3v) is 3.98. The van der Waals surface area contributed by atoms with Gasteiger partial charge in [-0.2, -0.15) is 0 Å². The Balaban J connectivity index is 1.93. The van der Waals surface area contributed by atoms with Crippen molar-refractivity contribution < 1.29 is 0 Å². The van der Waals surface area contributed by atoms with Crippen molar-refractivity contribution in [3.05, 3.63) is 29.3 Å². The lowest BCUT2D eigenvalue weighted by Crippen LogP contribution is -2.17. The average Bonchev–Trinajstić information content (AvgIpc) is 2.71. The van der Waals surface area contributed by atoms with E-state index in [4.69, 9.17) is 0 Å². The smallest absolute Gasteiger partial charge is 0.0941 e. The van der Waals surface area contributed by atoms with E-state index in [0.29, 0.717) is 5.92 Å². The fourth-order valence-corrected chi connectivity index (χ4v) is 3.06. The Bertz CT molecular complexity index is 431. The molecule has 0 amide bonds. The molecule has 0 aliphatic rings. The monoisotopic (exact) mass is 248 g/mol. The second-order valence-corrected chi connectivity index (χ2v) is 5.64. The number of thiazole rings is 1. The first-order valence-electron chi connectivity index (χ1n) is 6.34. The van der Waals surface area contributed by atoms with E-state index in [-0.39, 0.29) is 0 Å². The number of rotatable bonds is 6. The zero-order chi connectivity index (χ0) is 12.1. The SMILES string of the molecule is CCNCCC(C)Cc1nc2ccccc2s1. The minimum absolute atomic E-state index is 0.703. The van der Waals surface area contributed by atoms with Gasteiger partial charge in [-0.3, -0.25) is 0 Å². The van der Waals surface area contributed by atoms with E-state index >= 15 is 0 Å². The van der Waals surface area contributed by atoms with Gasteiger partial charge in [0.25, 0.3) is 0 Å². The van der Waals surface area contributed by atoms with Crippen LogP contribution in [-0.2, 0) is 6.42 Å². The summed E-state index contributed by atoms with van der Waals surface area (Å²) in [5.74, 6) is 0.703. The van der Waals surface area contributed by atoms with Gasteiger partial charge >= 0.3 is 0 Å². The Morgan fingerprint density at radius 2 is 2.18 bits per heavy atom. The summed E-state index contributed by atoms with van der Waals surface area (Å²) >= 11 is 1.83. The van der Waals surface area contributed by atoms with Gasteiger partial charge in [0.15, 0.2) is 0 Å². The molecule has 0 bridgehead atoms. The first-order chi connectivity index (χ1) is 8.29. The van der Waals surface area contributed by atoms with Crippen molar-refractivity contribution >= 4 is 21.6 Å². The third kappa shape index (κ3) is 3.51. The Hall–Kier alpha value is -0.930. The molecule has 0 spiro atoms. The van der Waals surface area contributed by atoms with E-state index < -0.39 is 0 Å². The highest BCUT2D eigenvalue weighted by molar-refractivity contribution is 7.18. The molecule has 0 fully saturated rings. The first kappa shape index (κ1) is 12.5. The predicted molar refractivity (Wildman–Crippen MR) is 75.6 cm³/mol. The van der Waals surface area contributed by atoms with E-state index in [9.17, 15) is 0 Å². The lowest BCUT2D eigenvalue weighted by Gasteiger charge is -2.09. The molecule has 1 unspecified atom stereocenters. The highest BCUT2D eigenvalue weighted by Crippen LogP contribution is 2.24. The summed E-state index contributed by atoms with van der Waals surface area (Å²) < 4.78 is 1.31. The molecular formula is C14H20N2S. The number of aromatic nitrogens is 1. The van der Waals surface area contributed by atoms with Crippen LogP contribution in [0, 0.1) is 5.92 Å². The molecule has 17 heavy (non-hydrogen) atoms. The Morgan fingerprint density at radius 3 is 2.94 bits per heavy atom.